The van der Waals surface area contributed by atoms with Gasteiger partial charge in [0.1, 0.15) is 17.1 Å². The molecule has 7 nitrogen and oxygen atoms in total. The minimum atomic E-state index is -4.09. The minimum absolute atomic E-state index is 0.0466. The molecule has 0 amide bonds. The molecule has 1 aromatic heterocycles. The highest BCUT2D eigenvalue weighted by atomic mass is 32.2. The Morgan fingerprint density at radius 3 is 2.67 bits per heavy atom. The van der Waals surface area contributed by atoms with Crippen LogP contribution in [0, 0.1) is 11.3 Å². The normalized spacial score (nSPS) is 11.7. The number of sulfonamides is 1. The van der Waals surface area contributed by atoms with E-state index < -0.39 is 10.0 Å². The van der Waals surface area contributed by atoms with Crippen LogP contribution in [0.25, 0.3) is 32.9 Å². The van der Waals surface area contributed by atoms with Crippen molar-refractivity contribution in [3.05, 3.63) is 53.6 Å². The molecule has 0 fully saturated rings. The summed E-state index contributed by atoms with van der Waals surface area (Å²) in [6.07, 6.45) is 0.566. The molecule has 4 aromatic rings. The van der Waals surface area contributed by atoms with Crippen molar-refractivity contribution >= 4 is 31.8 Å². The number of hydrogen-bond acceptors (Lipinski definition) is 6. The predicted octanol–water partition coefficient (Wildman–Crippen LogP) is 3.12. The van der Waals surface area contributed by atoms with Crippen molar-refractivity contribution in [3.8, 4) is 17.2 Å². The maximum Gasteiger partial charge on any atom is 0.239 e. The summed E-state index contributed by atoms with van der Waals surface area (Å²) >= 11 is 0. The van der Waals surface area contributed by atoms with Gasteiger partial charge in [-0.1, -0.05) is 43.3 Å². The molecule has 0 saturated heterocycles. The van der Waals surface area contributed by atoms with Crippen LogP contribution < -0.4 is 5.14 Å². The zero-order valence-corrected chi connectivity index (χ0v) is 15.1. The van der Waals surface area contributed by atoms with Gasteiger partial charge in [0.15, 0.2) is 0 Å². The average molecular weight is 378 g/mol. The van der Waals surface area contributed by atoms with Crippen LogP contribution in [0.15, 0.2) is 52.0 Å². The lowest BCUT2D eigenvalue weighted by atomic mass is 9.92. The number of fused-ring (bicyclic) bond motifs is 2. The smallest absolute Gasteiger partial charge is 0.239 e. The zero-order chi connectivity index (χ0) is 19.2. The van der Waals surface area contributed by atoms with Crippen LogP contribution in [-0.2, 0) is 16.4 Å². The Hall–Kier alpha value is -3.28. The van der Waals surface area contributed by atoms with Gasteiger partial charge in [0.05, 0.1) is 10.5 Å². The molecule has 0 atom stereocenters. The molecule has 134 valence electrons. The molecular formula is C19H14N4O3S. The molecular weight excluding hydrogens is 364 g/mol. The standard InChI is InChI=1S/C19H14N4O3S/c1-2-11-9-16-18(23-26-22-16)17(15(11)10-20)14-8-7-12-5-3-4-6-13(12)19(14)27(21,24)25/h3-9H,2H2,1H3,(H2,21,24,25). The largest absolute Gasteiger partial charge is 0.243 e. The summed E-state index contributed by atoms with van der Waals surface area (Å²) in [7, 11) is -4.09. The number of rotatable bonds is 3. The third-order valence-electron chi connectivity index (χ3n) is 4.56. The molecule has 27 heavy (non-hydrogen) atoms. The number of aromatic nitrogens is 2. The minimum Gasteiger partial charge on any atom is -0.243 e. The summed E-state index contributed by atoms with van der Waals surface area (Å²) in [6, 6.07) is 14.4. The van der Waals surface area contributed by atoms with Crippen LogP contribution in [0.5, 0.6) is 0 Å². The maximum atomic E-state index is 12.5. The number of nitrogens with two attached hydrogens (primary N) is 1. The van der Waals surface area contributed by atoms with Gasteiger partial charge in [0, 0.05) is 16.5 Å². The van der Waals surface area contributed by atoms with Crippen molar-refractivity contribution in [1.29, 1.82) is 5.26 Å². The Morgan fingerprint density at radius 2 is 1.96 bits per heavy atom. The van der Waals surface area contributed by atoms with Crippen molar-refractivity contribution in [2.24, 2.45) is 5.14 Å². The monoisotopic (exact) mass is 378 g/mol. The highest BCUT2D eigenvalue weighted by Gasteiger charge is 2.25. The molecule has 0 unspecified atom stereocenters. The second-order valence-electron chi connectivity index (χ2n) is 6.09. The lowest BCUT2D eigenvalue weighted by Gasteiger charge is -2.14. The molecule has 8 heteroatoms. The Bertz CT molecular complexity index is 1350. The van der Waals surface area contributed by atoms with Gasteiger partial charge in [0.25, 0.3) is 0 Å². The second-order valence-corrected chi connectivity index (χ2v) is 7.59. The van der Waals surface area contributed by atoms with Gasteiger partial charge in [-0.2, -0.15) is 5.26 Å². The van der Waals surface area contributed by atoms with Crippen molar-refractivity contribution in [2.75, 3.05) is 0 Å². The van der Waals surface area contributed by atoms with Gasteiger partial charge in [-0.15, -0.1) is 0 Å². The molecule has 3 aromatic carbocycles. The molecule has 0 aliphatic carbocycles. The average Bonchev–Trinajstić information content (AvgIpc) is 3.12. The number of primary sulfonamides is 1. The van der Waals surface area contributed by atoms with Gasteiger partial charge in [-0.25, -0.2) is 18.2 Å². The van der Waals surface area contributed by atoms with Crippen LogP contribution in [0.1, 0.15) is 18.1 Å². The first-order valence-corrected chi connectivity index (χ1v) is 9.73. The number of aryl methyl sites for hydroxylation is 1. The Kier molecular flexibility index (Phi) is 3.91. The van der Waals surface area contributed by atoms with E-state index >= 15 is 0 Å². The van der Waals surface area contributed by atoms with E-state index in [1.54, 1.807) is 36.4 Å². The Balaban J connectivity index is 2.26. The van der Waals surface area contributed by atoms with E-state index in [2.05, 4.69) is 16.4 Å². The van der Waals surface area contributed by atoms with E-state index in [1.807, 2.05) is 13.0 Å². The molecule has 4 rings (SSSR count). The lowest BCUT2D eigenvalue weighted by Crippen LogP contribution is -2.14. The first kappa shape index (κ1) is 17.1. The van der Waals surface area contributed by atoms with Crippen molar-refractivity contribution in [2.45, 2.75) is 18.2 Å². The van der Waals surface area contributed by atoms with Gasteiger partial charge in [-0.05, 0) is 33.8 Å². The summed E-state index contributed by atoms with van der Waals surface area (Å²) in [5.41, 5.74) is 2.51. The van der Waals surface area contributed by atoms with Gasteiger partial charge < -0.3 is 0 Å². The highest BCUT2D eigenvalue weighted by molar-refractivity contribution is 7.89. The summed E-state index contributed by atoms with van der Waals surface area (Å²) in [5.74, 6) is 0. The van der Waals surface area contributed by atoms with E-state index in [0.717, 1.165) is 10.9 Å². The van der Waals surface area contributed by atoms with E-state index in [0.29, 0.717) is 39.5 Å². The maximum absolute atomic E-state index is 12.5. The van der Waals surface area contributed by atoms with Crippen molar-refractivity contribution in [1.82, 2.24) is 10.3 Å². The molecule has 2 N–H and O–H groups in total. The summed E-state index contributed by atoms with van der Waals surface area (Å²) < 4.78 is 29.9. The molecule has 0 aliphatic heterocycles. The molecule has 1 heterocycles. The Labute approximate surface area is 155 Å². The lowest BCUT2D eigenvalue weighted by molar-refractivity contribution is 0.315. The molecule has 0 radical (unpaired) electrons. The fourth-order valence-corrected chi connectivity index (χ4v) is 4.36. The molecule has 0 aliphatic rings. The SMILES string of the molecule is CCc1cc2nonc2c(-c2ccc3ccccc3c2S(N)(=O)=O)c1C#N. The summed E-state index contributed by atoms with van der Waals surface area (Å²) in [4.78, 5) is -0.0466. The van der Waals surface area contributed by atoms with E-state index in [9.17, 15) is 13.7 Å². The third-order valence-corrected chi connectivity index (χ3v) is 5.57. The third kappa shape index (κ3) is 2.65. The van der Waals surface area contributed by atoms with Gasteiger partial charge in [0.2, 0.25) is 10.0 Å². The summed E-state index contributed by atoms with van der Waals surface area (Å²) in [6.45, 7) is 1.90. The number of hydrogen-bond donors (Lipinski definition) is 1. The quantitative estimate of drug-likeness (QED) is 0.584. The van der Waals surface area contributed by atoms with E-state index in [-0.39, 0.29) is 4.90 Å². The highest BCUT2D eigenvalue weighted by Crippen LogP contribution is 2.39. The zero-order valence-electron chi connectivity index (χ0n) is 14.3. The number of nitrogens with zero attached hydrogens (tertiary/aromatic N) is 3. The van der Waals surface area contributed by atoms with Crippen LogP contribution in [0.4, 0.5) is 0 Å². The molecule has 0 spiro atoms. The van der Waals surface area contributed by atoms with Crippen molar-refractivity contribution in [3.63, 3.8) is 0 Å². The van der Waals surface area contributed by atoms with Crippen LogP contribution in [0.3, 0.4) is 0 Å². The topological polar surface area (TPSA) is 123 Å². The fraction of sp³-hybridized carbons (Fsp3) is 0.105. The van der Waals surface area contributed by atoms with Gasteiger partial charge >= 0.3 is 0 Å². The van der Waals surface area contributed by atoms with Crippen LogP contribution >= 0.6 is 0 Å². The molecule has 0 saturated carbocycles. The Morgan fingerprint density at radius 1 is 1.19 bits per heavy atom. The van der Waals surface area contributed by atoms with E-state index in [1.165, 1.54) is 0 Å². The fourth-order valence-electron chi connectivity index (χ4n) is 3.39. The van der Waals surface area contributed by atoms with Crippen LogP contribution in [-0.4, -0.2) is 18.7 Å². The predicted molar refractivity (Wildman–Crippen MR) is 100 cm³/mol. The summed E-state index contributed by atoms with van der Waals surface area (Å²) in [5, 5.41) is 24.3. The second kappa shape index (κ2) is 6.16. The van der Waals surface area contributed by atoms with Crippen LogP contribution in [0.2, 0.25) is 0 Å². The first-order valence-electron chi connectivity index (χ1n) is 8.19. The first-order chi connectivity index (χ1) is 13.0. The van der Waals surface area contributed by atoms with Crippen molar-refractivity contribution < 1.29 is 13.0 Å². The van der Waals surface area contributed by atoms with Gasteiger partial charge in [-0.3, -0.25) is 0 Å². The number of nitriles is 1. The van der Waals surface area contributed by atoms with E-state index in [4.69, 9.17) is 9.77 Å². The number of benzene rings is 3. The molecule has 0 bridgehead atoms.